The van der Waals surface area contributed by atoms with Crippen LogP contribution in [-0.2, 0) is 0 Å². The fourth-order valence-electron chi connectivity index (χ4n) is 0.627. The van der Waals surface area contributed by atoms with Crippen molar-refractivity contribution < 1.29 is 0 Å². The van der Waals surface area contributed by atoms with E-state index in [0.29, 0.717) is 0 Å². The van der Waals surface area contributed by atoms with Crippen LogP contribution in [0.3, 0.4) is 0 Å². The van der Waals surface area contributed by atoms with E-state index in [1.54, 1.807) is 0 Å². The highest BCUT2D eigenvalue weighted by atomic mass is 35.9. The summed E-state index contributed by atoms with van der Waals surface area (Å²) >= 11 is 11.8. The van der Waals surface area contributed by atoms with E-state index in [0.717, 1.165) is 5.30 Å². The molecule has 0 N–H and O–H groups in total. The van der Waals surface area contributed by atoms with Gasteiger partial charge in [-0.15, -0.1) is 0 Å². The van der Waals surface area contributed by atoms with Gasteiger partial charge in [-0.3, -0.25) is 0 Å². The maximum Gasteiger partial charge on any atom is 0.254 e. The quantitative estimate of drug-likeness (QED) is 0.625. The van der Waals surface area contributed by atoms with Gasteiger partial charge in [-0.1, -0.05) is 18.2 Å². The van der Waals surface area contributed by atoms with Gasteiger partial charge in [0.2, 0.25) is 0 Å². The van der Waals surface area contributed by atoms with E-state index in [4.69, 9.17) is 22.5 Å². The van der Waals surface area contributed by atoms with Crippen LogP contribution in [0.25, 0.3) is 0 Å². The second-order valence-electron chi connectivity index (χ2n) is 1.89. The Morgan fingerprint density at radius 2 is 1.60 bits per heavy atom. The summed E-state index contributed by atoms with van der Waals surface area (Å²) in [5.41, 5.74) is -1.91. The fraction of sp³-hybridized carbons (Fsp3) is 0. The molecule has 0 spiro atoms. The number of hydrogen-bond acceptors (Lipinski definition) is 0. The minimum atomic E-state index is -1.91. The molecule has 1 atom stereocenters. The molecular weight excluding hydrogens is 205 g/mol. The minimum Gasteiger partial charge on any atom is -0.0620 e. The molecule has 10 heavy (non-hydrogen) atoms. The molecule has 54 valence electrons. The smallest absolute Gasteiger partial charge is 0.0620 e. The highest BCUT2D eigenvalue weighted by molar-refractivity contribution is 8.53. The zero-order valence-corrected chi connectivity index (χ0v) is 8.73. The summed E-state index contributed by atoms with van der Waals surface area (Å²) in [5.74, 6) is 0. The third-order valence-electron chi connectivity index (χ3n) is 1.10. The van der Waals surface area contributed by atoms with Crippen molar-refractivity contribution in [3.05, 3.63) is 30.3 Å². The summed E-state index contributed by atoms with van der Waals surface area (Å²) in [6, 6.07) is 9.66. The normalized spacial score (nSPS) is 11.5. The Morgan fingerprint density at radius 3 is 1.90 bits per heavy atom. The Hall–Kier alpha value is 0.660. The van der Waals surface area contributed by atoms with E-state index in [1.165, 1.54) is 0 Å². The fourth-order valence-corrected chi connectivity index (χ4v) is 2.39. The molecule has 0 aliphatic rings. The molecule has 1 aromatic rings. The first-order chi connectivity index (χ1) is 4.61. The van der Waals surface area contributed by atoms with E-state index in [1.807, 2.05) is 30.3 Å². The molecule has 1 unspecified atom stereocenters. The van der Waals surface area contributed by atoms with Crippen LogP contribution in [0.5, 0.6) is 0 Å². The van der Waals surface area contributed by atoms with Gasteiger partial charge >= 0.3 is 0 Å². The third kappa shape index (κ3) is 2.36. The third-order valence-corrected chi connectivity index (χ3v) is 4.15. The summed E-state index contributed by atoms with van der Waals surface area (Å²) in [5, 5.41) is 1.00. The average Bonchev–Trinajstić information content (AvgIpc) is 1.88. The van der Waals surface area contributed by atoms with Crippen LogP contribution < -0.4 is 5.30 Å². The first-order valence-electron chi connectivity index (χ1n) is 2.73. The predicted octanol–water partition coefficient (Wildman–Crippen LogP) is 3.43. The van der Waals surface area contributed by atoms with Crippen molar-refractivity contribution in [2.24, 2.45) is 0 Å². The molecule has 0 saturated carbocycles. The van der Waals surface area contributed by atoms with Crippen LogP contribution in [-0.4, -0.2) is 0 Å². The minimum absolute atomic E-state index is 1.00. The number of benzene rings is 1. The van der Waals surface area contributed by atoms with Crippen molar-refractivity contribution in [3.63, 3.8) is 0 Å². The van der Waals surface area contributed by atoms with Crippen LogP contribution in [0.1, 0.15) is 0 Å². The SMILES string of the molecule is P[P+](Cl)(Cl)c1ccccc1. The maximum absolute atomic E-state index is 5.90. The van der Waals surface area contributed by atoms with Crippen LogP contribution in [0.4, 0.5) is 0 Å². The second kappa shape index (κ2) is 3.37. The first-order valence-corrected chi connectivity index (χ1v) is 7.95. The largest absolute Gasteiger partial charge is 0.254 e. The van der Waals surface area contributed by atoms with E-state index >= 15 is 0 Å². The van der Waals surface area contributed by atoms with Crippen molar-refractivity contribution in [1.82, 2.24) is 0 Å². The van der Waals surface area contributed by atoms with Gasteiger partial charge < -0.3 is 0 Å². The first kappa shape index (κ1) is 8.75. The monoisotopic (exact) mass is 211 g/mol. The van der Waals surface area contributed by atoms with Gasteiger partial charge in [-0.25, -0.2) is 0 Å². The van der Waals surface area contributed by atoms with Crippen LogP contribution in [0, 0.1) is 0 Å². The molecule has 0 aromatic heterocycles. The van der Waals surface area contributed by atoms with E-state index in [-0.39, 0.29) is 0 Å². The zero-order valence-electron chi connectivity index (χ0n) is 5.17. The van der Waals surface area contributed by atoms with Gasteiger partial charge in [-0.2, -0.15) is 0 Å². The van der Waals surface area contributed by atoms with Gasteiger partial charge in [0.05, 0.1) is 8.93 Å². The molecule has 0 heterocycles. The average molecular weight is 212 g/mol. The van der Waals surface area contributed by atoms with Crippen LogP contribution in [0.2, 0.25) is 0 Å². The molecule has 0 radical (unpaired) electrons. The van der Waals surface area contributed by atoms with Crippen LogP contribution in [0.15, 0.2) is 30.3 Å². The second-order valence-corrected chi connectivity index (χ2v) is 11.5. The lowest BCUT2D eigenvalue weighted by atomic mass is 10.4. The van der Waals surface area contributed by atoms with E-state index in [2.05, 4.69) is 8.93 Å². The molecule has 1 aromatic carbocycles. The van der Waals surface area contributed by atoms with Gasteiger partial charge in [0.1, 0.15) is 27.8 Å². The zero-order chi connectivity index (χ0) is 7.61. The summed E-state index contributed by atoms with van der Waals surface area (Å²) in [6.07, 6.45) is 0. The Bertz CT molecular complexity index is 205. The van der Waals surface area contributed by atoms with E-state index < -0.39 is 5.66 Å². The molecule has 0 fully saturated rings. The van der Waals surface area contributed by atoms with Gasteiger partial charge in [0, 0.05) is 0 Å². The van der Waals surface area contributed by atoms with Crippen molar-refractivity contribution in [3.8, 4) is 0 Å². The summed E-state index contributed by atoms with van der Waals surface area (Å²) in [4.78, 5) is 0. The molecular formula is C6H7Cl2P2+. The standard InChI is InChI=1S/C6H7Cl2P2/c7-10(8,9)6-4-2-1-3-5-6/h1-5H,9H2/q+1. The molecule has 0 bridgehead atoms. The number of hydrogen-bond donors (Lipinski definition) is 0. The van der Waals surface area contributed by atoms with E-state index in [9.17, 15) is 0 Å². The van der Waals surface area contributed by atoms with Crippen molar-refractivity contribution in [2.75, 3.05) is 0 Å². The molecule has 0 saturated heterocycles. The predicted molar refractivity (Wildman–Crippen MR) is 54.4 cm³/mol. The summed E-state index contributed by atoms with van der Waals surface area (Å²) in [7, 11) is 2.47. The summed E-state index contributed by atoms with van der Waals surface area (Å²) in [6.45, 7) is 0. The number of halogens is 2. The molecule has 0 amide bonds. The Morgan fingerprint density at radius 1 is 1.10 bits per heavy atom. The molecule has 0 nitrogen and oxygen atoms in total. The summed E-state index contributed by atoms with van der Waals surface area (Å²) < 4.78 is 0. The highest BCUT2D eigenvalue weighted by Gasteiger charge is 2.30. The molecule has 0 aliphatic carbocycles. The van der Waals surface area contributed by atoms with Crippen molar-refractivity contribution >= 4 is 42.4 Å². The number of rotatable bonds is 1. The molecule has 4 heteroatoms. The lowest BCUT2D eigenvalue weighted by Gasteiger charge is -2.00. The lowest BCUT2D eigenvalue weighted by Crippen LogP contribution is -1.94. The Labute approximate surface area is 72.9 Å². The molecule has 1 rings (SSSR count). The lowest BCUT2D eigenvalue weighted by molar-refractivity contribution is 1.78. The Kier molecular flexibility index (Phi) is 2.95. The van der Waals surface area contributed by atoms with Gasteiger partial charge in [-0.05, 0) is 12.1 Å². The maximum atomic E-state index is 5.90. The topological polar surface area (TPSA) is 0 Å². The van der Waals surface area contributed by atoms with Crippen molar-refractivity contribution in [2.45, 2.75) is 0 Å². The highest BCUT2D eigenvalue weighted by Crippen LogP contribution is 2.74. The van der Waals surface area contributed by atoms with Crippen LogP contribution >= 0.6 is 37.1 Å². The van der Waals surface area contributed by atoms with Gasteiger partial charge in [0.25, 0.3) is 5.66 Å². The molecule has 0 aliphatic heterocycles. The van der Waals surface area contributed by atoms with Crippen molar-refractivity contribution in [1.29, 1.82) is 0 Å². The van der Waals surface area contributed by atoms with Gasteiger partial charge in [0.15, 0.2) is 0 Å². The Balaban J connectivity index is 2.97.